The summed E-state index contributed by atoms with van der Waals surface area (Å²) in [5, 5.41) is 0. The van der Waals surface area contributed by atoms with Crippen LogP contribution in [0.15, 0.2) is 18.2 Å². The molecule has 21 heavy (non-hydrogen) atoms. The van der Waals surface area contributed by atoms with Gasteiger partial charge in [0.25, 0.3) is 5.91 Å². The standard InChI is InChI=1S/C16H20FNO3/c1-3-21-16(20)12-5-4-6-18(10-12)15(19)13-7-11(2)8-14(17)9-13/h7-9,12H,3-6,10H2,1-2H3/t12-/m1/s1. The van der Waals surface area contributed by atoms with Gasteiger partial charge in [-0.25, -0.2) is 4.39 Å². The number of amides is 1. The molecule has 1 aromatic rings. The second-order valence-electron chi connectivity index (χ2n) is 5.36. The third-order valence-electron chi connectivity index (χ3n) is 3.62. The fourth-order valence-corrected chi connectivity index (χ4v) is 2.66. The first kappa shape index (κ1) is 15.5. The Labute approximate surface area is 123 Å². The molecule has 1 heterocycles. The molecule has 114 valence electrons. The number of piperidine rings is 1. The first-order chi connectivity index (χ1) is 10.0. The van der Waals surface area contributed by atoms with Crippen LogP contribution < -0.4 is 0 Å². The number of hydrogen-bond acceptors (Lipinski definition) is 3. The SMILES string of the molecule is CCOC(=O)[C@@H]1CCCN(C(=O)c2cc(C)cc(F)c2)C1. The number of likely N-dealkylation sites (tertiary alicyclic amines) is 1. The molecule has 0 N–H and O–H groups in total. The van der Waals surface area contributed by atoms with Gasteiger partial charge in [-0.15, -0.1) is 0 Å². The zero-order valence-electron chi connectivity index (χ0n) is 12.4. The minimum Gasteiger partial charge on any atom is -0.466 e. The highest BCUT2D eigenvalue weighted by Gasteiger charge is 2.29. The van der Waals surface area contributed by atoms with Gasteiger partial charge in [-0.05, 0) is 50.5 Å². The molecule has 5 heteroatoms. The smallest absolute Gasteiger partial charge is 0.310 e. The molecule has 1 atom stereocenters. The highest BCUT2D eigenvalue weighted by Crippen LogP contribution is 2.20. The highest BCUT2D eigenvalue weighted by atomic mass is 19.1. The van der Waals surface area contributed by atoms with E-state index in [1.54, 1.807) is 24.8 Å². The minimum absolute atomic E-state index is 0.230. The quantitative estimate of drug-likeness (QED) is 0.805. The van der Waals surface area contributed by atoms with Crippen molar-refractivity contribution in [2.24, 2.45) is 5.92 Å². The fourth-order valence-electron chi connectivity index (χ4n) is 2.66. The first-order valence-corrected chi connectivity index (χ1v) is 7.24. The lowest BCUT2D eigenvalue weighted by molar-refractivity contribution is -0.149. The van der Waals surface area contributed by atoms with E-state index in [4.69, 9.17) is 4.74 Å². The number of carbonyl (C=O) groups is 2. The van der Waals surface area contributed by atoms with E-state index in [2.05, 4.69) is 0 Å². The van der Waals surface area contributed by atoms with Gasteiger partial charge < -0.3 is 9.64 Å². The van der Waals surface area contributed by atoms with E-state index >= 15 is 0 Å². The van der Waals surface area contributed by atoms with Crippen molar-refractivity contribution in [3.8, 4) is 0 Å². The van der Waals surface area contributed by atoms with E-state index in [0.29, 0.717) is 30.8 Å². The van der Waals surface area contributed by atoms with Crippen LogP contribution in [0.5, 0.6) is 0 Å². The molecule has 0 bridgehead atoms. The molecule has 0 spiro atoms. The number of carbonyl (C=O) groups excluding carboxylic acids is 2. The van der Waals surface area contributed by atoms with Gasteiger partial charge in [0.15, 0.2) is 0 Å². The molecule has 1 aliphatic rings. The molecular weight excluding hydrogens is 273 g/mol. The van der Waals surface area contributed by atoms with Gasteiger partial charge in [0.2, 0.25) is 0 Å². The first-order valence-electron chi connectivity index (χ1n) is 7.24. The van der Waals surface area contributed by atoms with Gasteiger partial charge in [0.1, 0.15) is 5.82 Å². The third-order valence-corrected chi connectivity index (χ3v) is 3.62. The van der Waals surface area contributed by atoms with Crippen LogP contribution in [0.3, 0.4) is 0 Å². The lowest BCUT2D eigenvalue weighted by Crippen LogP contribution is -2.42. The van der Waals surface area contributed by atoms with Crippen LogP contribution in [0.2, 0.25) is 0 Å². The van der Waals surface area contributed by atoms with Gasteiger partial charge in [-0.3, -0.25) is 9.59 Å². The van der Waals surface area contributed by atoms with Crippen molar-refractivity contribution in [2.75, 3.05) is 19.7 Å². The monoisotopic (exact) mass is 293 g/mol. The van der Waals surface area contributed by atoms with Crippen LogP contribution in [-0.4, -0.2) is 36.5 Å². The van der Waals surface area contributed by atoms with Gasteiger partial charge in [-0.1, -0.05) is 0 Å². The molecule has 0 aliphatic carbocycles. The van der Waals surface area contributed by atoms with E-state index in [1.807, 2.05) is 0 Å². The van der Waals surface area contributed by atoms with Gasteiger partial charge in [-0.2, -0.15) is 0 Å². The van der Waals surface area contributed by atoms with Crippen LogP contribution in [0.25, 0.3) is 0 Å². The van der Waals surface area contributed by atoms with E-state index < -0.39 is 5.82 Å². The van der Waals surface area contributed by atoms with Crippen molar-refractivity contribution in [3.05, 3.63) is 35.1 Å². The zero-order chi connectivity index (χ0) is 15.4. The number of benzene rings is 1. The number of hydrogen-bond donors (Lipinski definition) is 0. The average molecular weight is 293 g/mol. The molecule has 0 aromatic heterocycles. The molecular formula is C16H20FNO3. The molecule has 1 aromatic carbocycles. The summed E-state index contributed by atoms with van der Waals surface area (Å²) >= 11 is 0. The summed E-state index contributed by atoms with van der Waals surface area (Å²) in [5.74, 6) is -1.19. The molecule has 1 amide bonds. The maximum Gasteiger partial charge on any atom is 0.310 e. The molecule has 1 fully saturated rings. The summed E-state index contributed by atoms with van der Waals surface area (Å²) in [4.78, 5) is 25.8. The minimum atomic E-state index is -0.419. The predicted molar refractivity (Wildman–Crippen MR) is 76.4 cm³/mol. The Balaban J connectivity index is 2.10. The van der Waals surface area contributed by atoms with Gasteiger partial charge in [0.05, 0.1) is 12.5 Å². The topological polar surface area (TPSA) is 46.6 Å². The Bertz CT molecular complexity index is 524. The number of rotatable bonds is 3. The summed E-state index contributed by atoms with van der Waals surface area (Å²) in [6.07, 6.45) is 1.48. The normalized spacial score (nSPS) is 18.4. The zero-order valence-corrected chi connectivity index (χ0v) is 12.4. The van der Waals surface area contributed by atoms with E-state index in [9.17, 15) is 14.0 Å². The molecule has 1 aliphatic heterocycles. The van der Waals surface area contributed by atoms with Gasteiger partial charge in [0, 0.05) is 18.7 Å². The molecule has 0 unspecified atom stereocenters. The molecule has 1 saturated heterocycles. The lowest BCUT2D eigenvalue weighted by Gasteiger charge is -2.31. The summed E-state index contributed by atoms with van der Waals surface area (Å²) in [7, 11) is 0. The Hall–Kier alpha value is -1.91. The van der Waals surface area contributed by atoms with E-state index in [1.165, 1.54) is 12.1 Å². The maximum absolute atomic E-state index is 13.4. The second-order valence-corrected chi connectivity index (χ2v) is 5.36. The van der Waals surface area contributed by atoms with Gasteiger partial charge >= 0.3 is 5.97 Å². The van der Waals surface area contributed by atoms with Crippen LogP contribution in [0.1, 0.15) is 35.7 Å². The van der Waals surface area contributed by atoms with Crippen LogP contribution in [0, 0.1) is 18.7 Å². The number of halogens is 1. The van der Waals surface area contributed by atoms with E-state index in [0.717, 1.165) is 12.8 Å². The summed E-state index contributed by atoms with van der Waals surface area (Å²) in [5.41, 5.74) is 1.04. The van der Waals surface area contributed by atoms with Crippen molar-refractivity contribution in [1.29, 1.82) is 0 Å². The number of nitrogens with zero attached hydrogens (tertiary/aromatic N) is 1. The van der Waals surface area contributed by atoms with Crippen LogP contribution in [0.4, 0.5) is 4.39 Å². The second kappa shape index (κ2) is 6.70. The van der Waals surface area contributed by atoms with Crippen LogP contribution >= 0.6 is 0 Å². The Kier molecular flexibility index (Phi) is 4.94. The maximum atomic E-state index is 13.4. The third kappa shape index (κ3) is 3.80. The van der Waals surface area contributed by atoms with Crippen molar-refractivity contribution >= 4 is 11.9 Å². The van der Waals surface area contributed by atoms with Crippen molar-refractivity contribution in [3.63, 3.8) is 0 Å². The summed E-state index contributed by atoms with van der Waals surface area (Å²) in [6, 6.07) is 4.29. The van der Waals surface area contributed by atoms with Crippen LogP contribution in [-0.2, 0) is 9.53 Å². The largest absolute Gasteiger partial charge is 0.466 e. The fraction of sp³-hybridized carbons (Fsp3) is 0.500. The summed E-state index contributed by atoms with van der Waals surface area (Å²) in [6.45, 7) is 4.78. The highest BCUT2D eigenvalue weighted by molar-refractivity contribution is 5.94. The molecule has 0 saturated carbocycles. The number of ether oxygens (including phenoxy) is 1. The summed E-state index contributed by atoms with van der Waals surface area (Å²) < 4.78 is 18.4. The molecule has 4 nitrogen and oxygen atoms in total. The van der Waals surface area contributed by atoms with Crippen molar-refractivity contribution < 1.29 is 18.7 Å². The van der Waals surface area contributed by atoms with Crippen molar-refractivity contribution in [2.45, 2.75) is 26.7 Å². The predicted octanol–water partition coefficient (Wildman–Crippen LogP) is 2.55. The molecule has 2 rings (SSSR count). The van der Waals surface area contributed by atoms with Crippen molar-refractivity contribution in [1.82, 2.24) is 4.90 Å². The number of esters is 1. The number of aryl methyl sites for hydroxylation is 1. The Morgan fingerprint density at radius 1 is 1.38 bits per heavy atom. The van der Waals surface area contributed by atoms with E-state index in [-0.39, 0.29) is 17.8 Å². The Morgan fingerprint density at radius 3 is 2.81 bits per heavy atom. The lowest BCUT2D eigenvalue weighted by atomic mass is 9.97. The average Bonchev–Trinajstić information content (AvgIpc) is 2.46. The molecule has 0 radical (unpaired) electrons. The Morgan fingerprint density at radius 2 is 2.14 bits per heavy atom.